The van der Waals surface area contributed by atoms with Crippen LogP contribution in [0.1, 0.15) is 20.8 Å². The summed E-state index contributed by atoms with van der Waals surface area (Å²) in [4.78, 5) is 11.0. The molecule has 0 fully saturated rings. The van der Waals surface area contributed by atoms with Crippen LogP contribution in [-0.4, -0.2) is 23.8 Å². The maximum Gasteiger partial charge on any atom is 0.336 e. The van der Waals surface area contributed by atoms with E-state index in [9.17, 15) is 4.79 Å². The Hall–Kier alpha value is -0.830. The van der Waals surface area contributed by atoms with Gasteiger partial charge in [-0.1, -0.05) is 6.08 Å². The summed E-state index contributed by atoms with van der Waals surface area (Å²) in [5.41, 5.74) is 0.312. The molecule has 0 saturated heterocycles. The van der Waals surface area contributed by atoms with Crippen LogP contribution in [0.2, 0.25) is 0 Å². The number of hydrogen-bond acceptors (Lipinski definition) is 3. The van der Waals surface area contributed by atoms with E-state index >= 15 is 0 Å². The van der Waals surface area contributed by atoms with Gasteiger partial charge in [-0.05, 0) is 20.8 Å². The summed E-state index contributed by atoms with van der Waals surface area (Å²) in [6.45, 7) is 5.29. The first-order chi connectivity index (χ1) is 5.13. The van der Waals surface area contributed by atoms with E-state index in [-0.39, 0.29) is 0 Å². The third-order valence-corrected chi connectivity index (χ3v) is 1.27. The van der Waals surface area contributed by atoms with Crippen LogP contribution in [-0.2, 0) is 9.53 Å². The van der Waals surface area contributed by atoms with Crippen molar-refractivity contribution in [2.24, 2.45) is 0 Å². The van der Waals surface area contributed by atoms with E-state index in [1.165, 1.54) is 6.92 Å². The van der Waals surface area contributed by atoms with Gasteiger partial charge in [0.2, 0.25) is 0 Å². The predicted octanol–water partition coefficient (Wildman–Crippen LogP) is 0.877. The summed E-state index contributed by atoms with van der Waals surface area (Å²) in [5, 5.41) is 9.04. The molecular formula is C8H14O3. The molecule has 1 N–H and O–H groups in total. The van der Waals surface area contributed by atoms with Crippen molar-refractivity contribution in [1.82, 2.24) is 0 Å². The fourth-order valence-corrected chi connectivity index (χ4v) is 0.744. The first-order valence-electron chi connectivity index (χ1n) is 3.64. The fraction of sp³-hybridized carbons (Fsp3) is 0.625. The Balaban J connectivity index is 4.17. The fourth-order valence-electron chi connectivity index (χ4n) is 0.744. The van der Waals surface area contributed by atoms with Gasteiger partial charge >= 0.3 is 5.97 Å². The van der Waals surface area contributed by atoms with Gasteiger partial charge in [0.25, 0.3) is 0 Å². The number of carbonyl (C=O) groups excluding carboxylic acids is 1. The number of allylic oxidation sites excluding steroid dienone is 1. The van der Waals surface area contributed by atoms with Gasteiger partial charge < -0.3 is 9.84 Å². The van der Waals surface area contributed by atoms with E-state index in [1.54, 1.807) is 19.9 Å². The number of aliphatic hydroxyl groups excluding tert-OH is 1. The van der Waals surface area contributed by atoms with Gasteiger partial charge in [-0.25, -0.2) is 4.79 Å². The molecule has 3 nitrogen and oxygen atoms in total. The Morgan fingerprint density at radius 1 is 1.73 bits per heavy atom. The molecule has 0 aliphatic carbocycles. The first kappa shape index (κ1) is 10.2. The lowest BCUT2D eigenvalue weighted by atomic mass is 10.1. The molecule has 0 aromatic carbocycles. The molecule has 0 aromatic rings. The summed E-state index contributed by atoms with van der Waals surface area (Å²) in [7, 11) is 0. The highest BCUT2D eigenvalue weighted by molar-refractivity contribution is 5.89. The zero-order valence-corrected chi connectivity index (χ0v) is 7.13. The second kappa shape index (κ2) is 4.91. The van der Waals surface area contributed by atoms with Crippen LogP contribution < -0.4 is 0 Å². The molecule has 1 unspecified atom stereocenters. The van der Waals surface area contributed by atoms with E-state index < -0.39 is 12.1 Å². The van der Waals surface area contributed by atoms with Crippen LogP contribution >= 0.6 is 0 Å². The molecule has 0 rings (SSSR count). The lowest BCUT2D eigenvalue weighted by Crippen LogP contribution is -2.17. The molecule has 0 aliphatic heterocycles. The van der Waals surface area contributed by atoms with Gasteiger partial charge in [0, 0.05) is 0 Å². The molecule has 11 heavy (non-hydrogen) atoms. The van der Waals surface area contributed by atoms with E-state index in [4.69, 9.17) is 5.11 Å². The molecule has 0 spiro atoms. The lowest BCUT2D eigenvalue weighted by Gasteiger charge is -2.07. The maximum absolute atomic E-state index is 11.0. The Bertz CT molecular complexity index is 159. The van der Waals surface area contributed by atoms with Crippen LogP contribution in [0.15, 0.2) is 11.6 Å². The van der Waals surface area contributed by atoms with Gasteiger partial charge in [-0.2, -0.15) is 0 Å². The number of ether oxygens (including phenoxy) is 1. The standard InChI is InChI=1S/C8H14O3/c1-4-7(6(3)9)8(10)11-5-2/h4,6,9H,5H2,1-3H3/b7-4-. The number of aliphatic hydroxyl groups is 1. The predicted molar refractivity (Wildman–Crippen MR) is 42.1 cm³/mol. The summed E-state index contributed by atoms with van der Waals surface area (Å²) < 4.78 is 4.69. The van der Waals surface area contributed by atoms with Gasteiger partial charge in [0.1, 0.15) is 0 Å². The minimum absolute atomic E-state index is 0.312. The van der Waals surface area contributed by atoms with Crippen LogP contribution in [0.5, 0.6) is 0 Å². The molecule has 3 heteroatoms. The molecule has 0 heterocycles. The second-order valence-electron chi connectivity index (χ2n) is 2.14. The number of carbonyl (C=O) groups is 1. The third-order valence-electron chi connectivity index (χ3n) is 1.27. The summed E-state index contributed by atoms with van der Waals surface area (Å²) in [5.74, 6) is -0.440. The number of rotatable bonds is 3. The minimum atomic E-state index is -0.751. The first-order valence-corrected chi connectivity index (χ1v) is 3.64. The van der Waals surface area contributed by atoms with Crippen LogP contribution in [0, 0.1) is 0 Å². The Morgan fingerprint density at radius 3 is 2.55 bits per heavy atom. The molecule has 0 bridgehead atoms. The Kier molecular flexibility index (Phi) is 4.54. The SMILES string of the molecule is C/C=C(\C(=O)OCC)C(C)O. The summed E-state index contributed by atoms with van der Waals surface area (Å²) >= 11 is 0. The quantitative estimate of drug-likeness (QED) is 0.490. The van der Waals surface area contributed by atoms with E-state index in [0.717, 1.165) is 0 Å². The van der Waals surface area contributed by atoms with E-state index in [0.29, 0.717) is 12.2 Å². The van der Waals surface area contributed by atoms with E-state index in [1.807, 2.05) is 0 Å². The number of esters is 1. The average Bonchev–Trinajstić information content (AvgIpc) is 1.88. The summed E-state index contributed by atoms with van der Waals surface area (Å²) in [6.07, 6.45) is 0.807. The lowest BCUT2D eigenvalue weighted by molar-refractivity contribution is -0.139. The van der Waals surface area contributed by atoms with Crippen molar-refractivity contribution in [3.63, 3.8) is 0 Å². The van der Waals surface area contributed by atoms with Crippen molar-refractivity contribution in [2.75, 3.05) is 6.61 Å². The third kappa shape index (κ3) is 3.18. The molecule has 0 aliphatic rings. The highest BCUT2D eigenvalue weighted by atomic mass is 16.5. The topological polar surface area (TPSA) is 46.5 Å². The van der Waals surface area contributed by atoms with Gasteiger partial charge in [-0.15, -0.1) is 0 Å². The largest absolute Gasteiger partial charge is 0.463 e. The molecule has 0 amide bonds. The highest BCUT2D eigenvalue weighted by Gasteiger charge is 2.13. The Labute approximate surface area is 66.7 Å². The molecule has 0 aromatic heterocycles. The molecule has 0 saturated carbocycles. The van der Waals surface area contributed by atoms with Crippen LogP contribution in [0.3, 0.4) is 0 Å². The molecule has 1 atom stereocenters. The number of hydrogen-bond donors (Lipinski definition) is 1. The molecular weight excluding hydrogens is 144 g/mol. The minimum Gasteiger partial charge on any atom is -0.463 e. The van der Waals surface area contributed by atoms with Gasteiger partial charge in [0.05, 0.1) is 18.3 Å². The second-order valence-corrected chi connectivity index (χ2v) is 2.14. The maximum atomic E-state index is 11.0. The highest BCUT2D eigenvalue weighted by Crippen LogP contribution is 2.03. The van der Waals surface area contributed by atoms with E-state index in [2.05, 4.69) is 4.74 Å². The van der Waals surface area contributed by atoms with Crippen molar-refractivity contribution in [3.05, 3.63) is 11.6 Å². The van der Waals surface area contributed by atoms with Crippen molar-refractivity contribution >= 4 is 5.97 Å². The summed E-state index contributed by atoms with van der Waals surface area (Å²) in [6, 6.07) is 0. The van der Waals surface area contributed by atoms with Crippen molar-refractivity contribution < 1.29 is 14.6 Å². The molecule has 64 valence electrons. The van der Waals surface area contributed by atoms with Crippen molar-refractivity contribution in [1.29, 1.82) is 0 Å². The zero-order chi connectivity index (χ0) is 8.85. The normalized spacial score (nSPS) is 14.4. The van der Waals surface area contributed by atoms with Crippen molar-refractivity contribution in [2.45, 2.75) is 26.9 Å². The van der Waals surface area contributed by atoms with Crippen LogP contribution in [0.4, 0.5) is 0 Å². The smallest absolute Gasteiger partial charge is 0.336 e. The monoisotopic (exact) mass is 158 g/mol. The van der Waals surface area contributed by atoms with Gasteiger partial charge in [-0.3, -0.25) is 0 Å². The molecule has 0 radical (unpaired) electrons. The van der Waals surface area contributed by atoms with Crippen LogP contribution in [0.25, 0.3) is 0 Å². The van der Waals surface area contributed by atoms with Crippen molar-refractivity contribution in [3.8, 4) is 0 Å². The average molecular weight is 158 g/mol. The Morgan fingerprint density at radius 2 is 2.27 bits per heavy atom. The zero-order valence-electron chi connectivity index (χ0n) is 7.13. The van der Waals surface area contributed by atoms with Gasteiger partial charge in [0.15, 0.2) is 0 Å².